The molecule has 0 radical (unpaired) electrons. The maximum atomic E-state index is 10.3. The molecule has 0 aliphatic heterocycles. The molecule has 0 aromatic heterocycles. The number of methoxy groups -OCH3 is 1. The minimum atomic E-state index is -0.818. The molecule has 5 heteroatoms. The fraction of sp³-hybridized carbons (Fsp3) is 0.300. The number of hydrogen-bond acceptors (Lipinski definition) is 3. The Labute approximate surface area is 96.4 Å². The molecule has 4 nitrogen and oxygen atoms in total. The van der Waals surface area contributed by atoms with Crippen molar-refractivity contribution in [3.63, 3.8) is 0 Å². The van der Waals surface area contributed by atoms with Crippen molar-refractivity contribution in [1.82, 2.24) is 0 Å². The fourth-order valence-electron chi connectivity index (χ4n) is 1.07. The fourth-order valence-corrected chi connectivity index (χ4v) is 1.46. The lowest BCUT2D eigenvalue weighted by Crippen LogP contribution is -2.07. The van der Waals surface area contributed by atoms with Gasteiger partial charge in [-0.1, -0.05) is 0 Å². The number of carboxylic acids is 1. The van der Waals surface area contributed by atoms with Crippen LogP contribution >= 0.6 is 15.9 Å². The predicted octanol–water partition coefficient (Wildman–Crippen LogP) is 2.34. The molecule has 0 aliphatic carbocycles. The maximum Gasteiger partial charge on any atom is 0.305 e. The third-order valence-corrected chi connectivity index (χ3v) is 2.52. The molecule has 1 aromatic carbocycles. The highest BCUT2D eigenvalue weighted by atomic mass is 79.9. The summed E-state index contributed by atoms with van der Waals surface area (Å²) in [6.45, 7) is 0.390. The van der Waals surface area contributed by atoms with Gasteiger partial charge in [0.05, 0.1) is 19.2 Å². The van der Waals surface area contributed by atoms with Crippen LogP contribution in [0.15, 0.2) is 22.7 Å². The van der Waals surface area contributed by atoms with Gasteiger partial charge >= 0.3 is 5.97 Å². The van der Waals surface area contributed by atoms with Crippen molar-refractivity contribution in [1.29, 1.82) is 0 Å². The molecule has 0 heterocycles. The average Bonchev–Trinajstić information content (AvgIpc) is 2.20. The van der Waals surface area contributed by atoms with Gasteiger partial charge in [0.25, 0.3) is 0 Å². The van der Waals surface area contributed by atoms with Gasteiger partial charge in [-0.2, -0.15) is 0 Å². The standard InChI is InChI=1S/C10H12BrNO3/c1-15-7-2-3-8(11)9(6-7)12-5-4-10(13)14/h2-3,6,12H,4-5H2,1H3,(H,13,14). The monoisotopic (exact) mass is 273 g/mol. The van der Waals surface area contributed by atoms with Gasteiger partial charge in [0.15, 0.2) is 0 Å². The Kier molecular flexibility index (Phi) is 4.42. The van der Waals surface area contributed by atoms with Crippen LogP contribution in [-0.2, 0) is 4.79 Å². The maximum absolute atomic E-state index is 10.3. The van der Waals surface area contributed by atoms with Gasteiger partial charge in [-0.3, -0.25) is 4.79 Å². The summed E-state index contributed by atoms with van der Waals surface area (Å²) in [5.41, 5.74) is 0.829. The number of carboxylic acid groups (broad SMARTS) is 1. The summed E-state index contributed by atoms with van der Waals surface area (Å²) < 4.78 is 5.94. The second kappa shape index (κ2) is 5.60. The average molecular weight is 274 g/mol. The second-order valence-corrected chi connectivity index (χ2v) is 3.77. The summed E-state index contributed by atoms with van der Waals surface area (Å²) in [7, 11) is 1.59. The Morgan fingerprint density at radius 3 is 2.93 bits per heavy atom. The van der Waals surface area contributed by atoms with E-state index in [1.807, 2.05) is 18.2 Å². The molecule has 0 fully saturated rings. The molecule has 0 spiro atoms. The van der Waals surface area contributed by atoms with Crippen LogP contribution in [0.1, 0.15) is 6.42 Å². The SMILES string of the molecule is COc1ccc(Br)c(NCCC(=O)O)c1. The molecule has 0 bridgehead atoms. The number of aliphatic carboxylic acids is 1. The zero-order valence-electron chi connectivity index (χ0n) is 8.29. The number of benzene rings is 1. The molecule has 2 N–H and O–H groups in total. The molecule has 0 amide bonds. The second-order valence-electron chi connectivity index (χ2n) is 2.92. The largest absolute Gasteiger partial charge is 0.497 e. The highest BCUT2D eigenvalue weighted by Gasteiger charge is 2.02. The Balaban J connectivity index is 2.62. The van der Waals surface area contributed by atoms with Gasteiger partial charge in [-0.15, -0.1) is 0 Å². The Bertz CT molecular complexity index is 355. The van der Waals surface area contributed by atoms with E-state index in [-0.39, 0.29) is 6.42 Å². The highest BCUT2D eigenvalue weighted by Crippen LogP contribution is 2.26. The number of hydrogen-bond donors (Lipinski definition) is 2. The summed E-state index contributed by atoms with van der Waals surface area (Å²) in [6, 6.07) is 5.49. The predicted molar refractivity (Wildman–Crippen MR) is 61.4 cm³/mol. The first-order valence-corrected chi connectivity index (χ1v) is 5.22. The van der Waals surface area contributed by atoms with Crippen molar-refractivity contribution in [2.24, 2.45) is 0 Å². The van der Waals surface area contributed by atoms with E-state index in [1.54, 1.807) is 7.11 Å². The summed E-state index contributed by atoms with van der Waals surface area (Å²) in [5.74, 6) is -0.0856. The van der Waals surface area contributed by atoms with Crippen LogP contribution in [0.4, 0.5) is 5.69 Å². The van der Waals surface area contributed by atoms with E-state index in [4.69, 9.17) is 9.84 Å². The molecule has 0 atom stereocenters. The van der Waals surface area contributed by atoms with Crippen LogP contribution < -0.4 is 10.1 Å². The van der Waals surface area contributed by atoms with Gasteiger partial charge in [0.1, 0.15) is 5.75 Å². The van der Waals surface area contributed by atoms with Crippen molar-refractivity contribution >= 4 is 27.6 Å². The number of halogens is 1. The van der Waals surface area contributed by atoms with Crippen molar-refractivity contribution in [3.8, 4) is 5.75 Å². The molecule has 82 valence electrons. The normalized spacial score (nSPS) is 9.73. The number of anilines is 1. The smallest absolute Gasteiger partial charge is 0.305 e. The lowest BCUT2D eigenvalue weighted by Gasteiger charge is -2.09. The van der Waals surface area contributed by atoms with Crippen LogP contribution in [-0.4, -0.2) is 24.7 Å². The van der Waals surface area contributed by atoms with Crippen molar-refractivity contribution in [2.45, 2.75) is 6.42 Å². The summed E-state index contributed by atoms with van der Waals surface area (Å²) in [5, 5.41) is 11.5. The molecular formula is C10H12BrNO3. The van der Waals surface area contributed by atoms with Gasteiger partial charge in [0.2, 0.25) is 0 Å². The zero-order chi connectivity index (χ0) is 11.3. The molecule has 1 rings (SSSR count). The highest BCUT2D eigenvalue weighted by molar-refractivity contribution is 9.10. The lowest BCUT2D eigenvalue weighted by molar-refractivity contribution is -0.136. The van der Waals surface area contributed by atoms with E-state index in [1.165, 1.54) is 0 Å². The first-order valence-electron chi connectivity index (χ1n) is 4.42. The first-order chi connectivity index (χ1) is 7.13. The summed E-state index contributed by atoms with van der Waals surface area (Å²) in [4.78, 5) is 10.3. The van der Waals surface area contributed by atoms with Gasteiger partial charge in [0, 0.05) is 17.1 Å². The molecule has 1 aromatic rings. The number of carbonyl (C=O) groups is 1. The summed E-state index contributed by atoms with van der Waals surface area (Å²) >= 11 is 3.36. The first kappa shape index (κ1) is 11.8. The molecular weight excluding hydrogens is 262 g/mol. The third kappa shape index (κ3) is 3.79. The van der Waals surface area contributed by atoms with E-state index in [2.05, 4.69) is 21.2 Å². The quantitative estimate of drug-likeness (QED) is 0.865. The van der Waals surface area contributed by atoms with Crippen LogP contribution in [0, 0.1) is 0 Å². The minimum absolute atomic E-state index is 0.0870. The van der Waals surface area contributed by atoms with Crippen LogP contribution in [0.5, 0.6) is 5.75 Å². The van der Waals surface area contributed by atoms with Crippen LogP contribution in [0.3, 0.4) is 0 Å². The third-order valence-electron chi connectivity index (χ3n) is 1.83. The van der Waals surface area contributed by atoms with E-state index >= 15 is 0 Å². The van der Waals surface area contributed by atoms with Crippen molar-refractivity contribution in [3.05, 3.63) is 22.7 Å². The topological polar surface area (TPSA) is 58.6 Å². The molecule has 15 heavy (non-hydrogen) atoms. The molecule has 0 aliphatic rings. The zero-order valence-corrected chi connectivity index (χ0v) is 9.87. The molecule has 0 unspecified atom stereocenters. The van der Waals surface area contributed by atoms with E-state index in [0.717, 1.165) is 15.9 Å². The minimum Gasteiger partial charge on any atom is -0.497 e. The van der Waals surface area contributed by atoms with Gasteiger partial charge in [-0.05, 0) is 28.1 Å². The van der Waals surface area contributed by atoms with Crippen molar-refractivity contribution < 1.29 is 14.6 Å². The van der Waals surface area contributed by atoms with E-state index in [9.17, 15) is 4.79 Å². The Morgan fingerprint density at radius 2 is 2.33 bits per heavy atom. The lowest BCUT2D eigenvalue weighted by atomic mass is 10.3. The van der Waals surface area contributed by atoms with Gasteiger partial charge < -0.3 is 15.2 Å². The van der Waals surface area contributed by atoms with Crippen LogP contribution in [0.2, 0.25) is 0 Å². The number of ether oxygens (including phenoxy) is 1. The Hall–Kier alpha value is -1.23. The van der Waals surface area contributed by atoms with Gasteiger partial charge in [-0.25, -0.2) is 0 Å². The van der Waals surface area contributed by atoms with Crippen molar-refractivity contribution in [2.75, 3.05) is 19.0 Å². The van der Waals surface area contributed by atoms with E-state index in [0.29, 0.717) is 6.54 Å². The Morgan fingerprint density at radius 1 is 1.60 bits per heavy atom. The van der Waals surface area contributed by atoms with E-state index < -0.39 is 5.97 Å². The number of rotatable bonds is 5. The summed E-state index contributed by atoms with van der Waals surface area (Å²) in [6.07, 6.45) is 0.0870. The number of nitrogens with one attached hydrogen (secondary N) is 1. The molecule has 0 saturated carbocycles. The van der Waals surface area contributed by atoms with Crippen LogP contribution in [0.25, 0.3) is 0 Å². The molecule has 0 saturated heterocycles.